The van der Waals surface area contributed by atoms with Crippen LogP contribution in [0.5, 0.6) is 5.75 Å². The predicted octanol–water partition coefficient (Wildman–Crippen LogP) is 6.64. The lowest BCUT2D eigenvalue weighted by atomic mass is 9.87. The SMILES string of the molecule is Clc1ccc(Cl)c(COC2CNCCC2c2ccc(OCCCOCc3ccccc3)cc2)c1. The highest BCUT2D eigenvalue weighted by Crippen LogP contribution is 2.30. The normalized spacial score (nSPS) is 18.1. The Hall–Kier alpha value is -2.08. The van der Waals surface area contributed by atoms with Gasteiger partial charge < -0.3 is 19.5 Å². The van der Waals surface area contributed by atoms with Crippen LogP contribution in [0.1, 0.15) is 35.4 Å². The molecule has 0 spiro atoms. The molecular weight excluding hydrogens is 469 g/mol. The first-order valence-corrected chi connectivity index (χ1v) is 12.6. The molecule has 4 nitrogen and oxygen atoms in total. The molecule has 0 aliphatic carbocycles. The molecule has 1 fully saturated rings. The summed E-state index contributed by atoms with van der Waals surface area (Å²) in [5.74, 6) is 1.20. The molecule has 0 aromatic heterocycles. The molecule has 1 N–H and O–H groups in total. The van der Waals surface area contributed by atoms with Crippen LogP contribution in [-0.4, -0.2) is 32.4 Å². The number of ether oxygens (including phenoxy) is 3. The molecule has 34 heavy (non-hydrogen) atoms. The van der Waals surface area contributed by atoms with Crippen molar-refractivity contribution in [1.82, 2.24) is 5.32 Å². The van der Waals surface area contributed by atoms with Crippen LogP contribution >= 0.6 is 23.2 Å². The van der Waals surface area contributed by atoms with E-state index in [4.69, 9.17) is 37.4 Å². The van der Waals surface area contributed by atoms with Gasteiger partial charge in [-0.25, -0.2) is 0 Å². The molecule has 0 amide bonds. The molecule has 1 aliphatic rings. The van der Waals surface area contributed by atoms with Crippen LogP contribution in [0, 0.1) is 0 Å². The number of hydrogen-bond acceptors (Lipinski definition) is 4. The lowest BCUT2D eigenvalue weighted by Crippen LogP contribution is -2.40. The van der Waals surface area contributed by atoms with Crippen molar-refractivity contribution in [2.24, 2.45) is 0 Å². The maximum atomic E-state index is 6.31. The van der Waals surface area contributed by atoms with Crippen LogP contribution in [-0.2, 0) is 22.7 Å². The molecule has 0 radical (unpaired) electrons. The quantitative estimate of drug-likeness (QED) is 0.300. The molecule has 4 rings (SSSR count). The third-order valence-corrected chi connectivity index (χ3v) is 6.61. The minimum absolute atomic E-state index is 0.0670. The summed E-state index contributed by atoms with van der Waals surface area (Å²) >= 11 is 12.4. The summed E-state index contributed by atoms with van der Waals surface area (Å²) in [6, 6.07) is 24.1. The fourth-order valence-electron chi connectivity index (χ4n) is 4.16. The van der Waals surface area contributed by atoms with Crippen molar-refractivity contribution in [1.29, 1.82) is 0 Å². The Bertz CT molecular complexity index is 1010. The lowest BCUT2D eigenvalue weighted by molar-refractivity contribution is 0.0106. The molecule has 6 heteroatoms. The molecule has 0 bridgehead atoms. The molecule has 2 atom stereocenters. The van der Waals surface area contributed by atoms with Crippen molar-refractivity contribution in [3.05, 3.63) is 99.5 Å². The second-order valence-corrected chi connectivity index (χ2v) is 9.34. The topological polar surface area (TPSA) is 39.7 Å². The number of rotatable bonds is 11. The zero-order valence-electron chi connectivity index (χ0n) is 19.2. The van der Waals surface area contributed by atoms with Crippen molar-refractivity contribution < 1.29 is 14.2 Å². The van der Waals surface area contributed by atoms with Gasteiger partial charge in [-0.1, -0.05) is 65.7 Å². The number of benzene rings is 3. The molecule has 2 unspecified atom stereocenters. The highest BCUT2D eigenvalue weighted by molar-refractivity contribution is 6.33. The fourth-order valence-corrected chi connectivity index (χ4v) is 4.53. The van der Waals surface area contributed by atoms with E-state index in [0.29, 0.717) is 42.4 Å². The van der Waals surface area contributed by atoms with Crippen molar-refractivity contribution in [3.8, 4) is 5.75 Å². The van der Waals surface area contributed by atoms with Crippen LogP contribution in [0.25, 0.3) is 0 Å². The zero-order valence-corrected chi connectivity index (χ0v) is 20.7. The molecule has 3 aromatic rings. The predicted molar refractivity (Wildman–Crippen MR) is 138 cm³/mol. The first kappa shape index (κ1) is 25.0. The average molecular weight is 500 g/mol. The molecule has 180 valence electrons. The van der Waals surface area contributed by atoms with E-state index in [1.807, 2.05) is 42.5 Å². The summed E-state index contributed by atoms with van der Waals surface area (Å²) in [5.41, 5.74) is 3.37. The Morgan fingerprint density at radius 1 is 0.882 bits per heavy atom. The van der Waals surface area contributed by atoms with Gasteiger partial charge in [-0.2, -0.15) is 0 Å². The van der Waals surface area contributed by atoms with Gasteiger partial charge in [0.1, 0.15) is 5.75 Å². The van der Waals surface area contributed by atoms with Gasteiger partial charge >= 0.3 is 0 Å². The molecular formula is C28H31Cl2NO3. The molecule has 1 saturated heterocycles. The summed E-state index contributed by atoms with van der Waals surface area (Å²) in [6.07, 6.45) is 1.94. The van der Waals surface area contributed by atoms with Crippen LogP contribution in [0.3, 0.4) is 0 Å². The van der Waals surface area contributed by atoms with E-state index in [2.05, 4.69) is 29.6 Å². The van der Waals surface area contributed by atoms with Gasteiger partial charge in [-0.05, 0) is 60.0 Å². The Labute approximate surface area is 212 Å². The van der Waals surface area contributed by atoms with Gasteiger partial charge in [-0.15, -0.1) is 0 Å². The largest absolute Gasteiger partial charge is 0.494 e. The minimum atomic E-state index is 0.0670. The molecule has 1 aliphatic heterocycles. The van der Waals surface area contributed by atoms with Gasteiger partial charge in [0.05, 0.1) is 32.5 Å². The van der Waals surface area contributed by atoms with Crippen LogP contribution in [0.4, 0.5) is 0 Å². The highest BCUT2D eigenvalue weighted by atomic mass is 35.5. The number of piperidine rings is 1. The fraction of sp³-hybridized carbons (Fsp3) is 0.357. The molecule has 0 saturated carbocycles. The highest BCUT2D eigenvalue weighted by Gasteiger charge is 2.27. The smallest absolute Gasteiger partial charge is 0.119 e. The van der Waals surface area contributed by atoms with Gasteiger partial charge in [0.25, 0.3) is 0 Å². The Morgan fingerprint density at radius 2 is 1.71 bits per heavy atom. The molecule has 3 aromatic carbocycles. The minimum Gasteiger partial charge on any atom is -0.494 e. The Kier molecular flexibility index (Phi) is 9.66. The number of hydrogen-bond donors (Lipinski definition) is 1. The van der Waals surface area contributed by atoms with Gasteiger partial charge in [-0.3, -0.25) is 0 Å². The van der Waals surface area contributed by atoms with Crippen molar-refractivity contribution in [2.75, 3.05) is 26.3 Å². The summed E-state index contributed by atoms with van der Waals surface area (Å²) < 4.78 is 17.9. The van der Waals surface area contributed by atoms with Gasteiger partial charge in [0.2, 0.25) is 0 Å². The van der Waals surface area contributed by atoms with E-state index >= 15 is 0 Å². The van der Waals surface area contributed by atoms with Gasteiger partial charge in [0.15, 0.2) is 0 Å². The molecule has 1 heterocycles. The Balaban J connectivity index is 1.23. The second kappa shape index (κ2) is 13.1. The van der Waals surface area contributed by atoms with E-state index in [1.54, 1.807) is 6.07 Å². The van der Waals surface area contributed by atoms with E-state index in [-0.39, 0.29) is 6.10 Å². The first-order valence-electron chi connectivity index (χ1n) is 11.8. The summed E-state index contributed by atoms with van der Waals surface area (Å²) in [5, 5.41) is 4.79. The van der Waals surface area contributed by atoms with Crippen LogP contribution < -0.4 is 10.1 Å². The summed E-state index contributed by atoms with van der Waals surface area (Å²) in [7, 11) is 0. The van der Waals surface area contributed by atoms with Crippen LogP contribution in [0.15, 0.2) is 72.8 Å². The second-order valence-electron chi connectivity index (χ2n) is 8.49. The number of nitrogens with one attached hydrogen (secondary N) is 1. The van der Waals surface area contributed by atoms with E-state index in [1.165, 1.54) is 11.1 Å². The average Bonchev–Trinajstić information content (AvgIpc) is 2.88. The maximum Gasteiger partial charge on any atom is 0.119 e. The van der Waals surface area contributed by atoms with E-state index < -0.39 is 0 Å². The Morgan fingerprint density at radius 3 is 2.53 bits per heavy atom. The monoisotopic (exact) mass is 499 g/mol. The van der Waals surface area contributed by atoms with E-state index in [9.17, 15) is 0 Å². The first-order chi connectivity index (χ1) is 16.7. The van der Waals surface area contributed by atoms with E-state index in [0.717, 1.165) is 37.2 Å². The lowest BCUT2D eigenvalue weighted by Gasteiger charge is -2.32. The van der Waals surface area contributed by atoms with Crippen molar-refractivity contribution in [3.63, 3.8) is 0 Å². The summed E-state index contributed by atoms with van der Waals surface area (Å²) in [4.78, 5) is 0. The third-order valence-electron chi connectivity index (χ3n) is 6.01. The third kappa shape index (κ3) is 7.46. The van der Waals surface area contributed by atoms with Crippen molar-refractivity contribution >= 4 is 23.2 Å². The zero-order chi connectivity index (χ0) is 23.6. The van der Waals surface area contributed by atoms with Gasteiger partial charge in [0, 0.05) is 28.9 Å². The maximum absolute atomic E-state index is 6.31. The number of halogens is 2. The van der Waals surface area contributed by atoms with Crippen LogP contribution in [0.2, 0.25) is 10.0 Å². The van der Waals surface area contributed by atoms with Crippen molar-refractivity contribution in [2.45, 2.75) is 38.1 Å². The summed E-state index contributed by atoms with van der Waals surface area (Å²) in [6.45, 7) is 4.17. The standard InChI is InChI=1S/C28H31Cl2NO3/c29-24-9-12-27(30)23(17-24)20-34-28-18-31-14-13-26(28)22-7-10-25(11-8-22)33-16-4-15-32-19-21-5-2-1-3-6-21/h1-3,5-12,17,26,28,31H,4,13-16,18-20H2.